The number of hydrogen-bond acceptors (Lipinski definition) is 2. The van der Waals surface area contributed by atoms with Crippen LogP contribution in [0.3, 0.4) is 0 Å². The molecule has 1 N–H and O–H groups in total. The summed E-state index contributed by atoms with van der Waals surface area (Å²) in [6.07, 6.45) is 6.84. The van der Waals surface area contributed by atoms with E-state index in [0.29, 0.717) is 0 Å². The fourth-order valence-electron chi connectivity index (χ4n) is 2.03. The minimum Gasteiger partial charge on any atom is -0.309 e. The molecule has 1 heterocycles. The molecule has 1 saturated carbocycles. The first-order valence-corrected chi connectivity index (χ1v) is 7.41. The Kier molecular flexibility index (Phi) is 4.50. The van der Waals surface area contributed by atoms with Gasteiger partial charge in [0.15, 0.2) is 0 Å². The third-order valence-corrected chi connectivity index (χ3v) is 5.34. The highest BCUT2D eigenvalue weighted by Gasteiger charge is 2.13. The first-order chi connectivity index (χ1) is 7.25. The van der Waals surface area contributed by atoms with Crippen molar-refractivity contribution in [3.63, 3.8) is 0 Å². The monoisotopic (exact) mass is 307 g/mol. The van der Waals surface area contributed by atoms with Gasteiger partial charge in [-0.05, 0) is 34.8 Å². The van der Waals surface area contributed by atoms with Gasteiger partial charge in [0, 0.05) is 21.9 Å². The minimum absolute atomic E-state index is 0.721. The second-order valence-corrected chi connectivity index (χ2v) is 6.64. The van der Waals surface area contributed by atoms with Crippen LogP contribution in [0.2, 0.25) is 4.34 Å². The quantitative estimate of drug-likeness (QED) is 0.861. The Morgan fingerprint density at radius 1 is 1.40 bits per heavy atom. The van der Waals surface area contributed by atoms with Crippen LogP contribution < -0.4 is 5.32 Å². The van der Waals surface area contributed by atoms with Crippen LogP contribution in [0.4, 0.5) is 0 Å². The molecule has 4 heteroatoms. The number of rotatable bonds is 3. The van der Waals surface area contributed by atoms with Gasteiger partial charge >= 0.3 is 0 Å². The first kappa shape index (κ1) is 11.9. The van der Waals surface area contributed by atoms with Gasteiger partial charge in [0.25, 0.3) is 0 Å². The van der Waals surface area contributed by atoms with E-state index in [2.05, 4.69) is 27.3 Å². The van der Waals surface area contributed by atoms with Crippen molar-refractivity contribution in [3.05, 3.63) is 19.8 Å². The summed E-state index contributed by atoms with van der Waals surface area (Å²) in [5, 5.41) is 3.61. The van der Waals surface area contributed by atoms with Crippen molar-refractivity contribution in [2.75, 3.05) is 0 Å². The summed E-state index contributed by atoms with van der Waals surface area (Å²) < 4.78 is 1.88. The lowest BCUT2D eigenvalue weighted by Gasteiger charge is -2.22. The summed E-state index contributed by atoms with van der Waals surface area (Å²) in [6, 6.07) is 2.83. The van der Waals surface area contributed by atoms with Crippen molar-refractivity contribution < 1.29 is 0 Å². The molecule has 0 amide bonds. The van der Waals surface area contributed by atoms with E-state index in [4.69, 9.17) is 11.6 Å². The van der Waals surface area contributed by atoms with Gasteiger partial charge in [-0.25, -0.2) is 0 Å². The Balaban J connectivity index is 1.81. The lowest BCUT2D eigenvalue weighted by molar-refractivity contribution is 0.373. The third-order valence-electron chi connectivity index (χ3n) is 2.87. The van der Waals surface area contributed by atoms with Crippen LogP contribution in [0.5, 0.6) is 0 Å². The van der Waals surface area contributed by atoms with Gasteiger partial charge in [-0.15, -0.1) is 11.3 Å². The summed E-state index contributed by atoms with van der Waals surface area (Å²) in [5.41, 5.74) is 0. The summed E-state index contributed by atoms with van der Waals surface area (Å²) in [6.45, 7) is 0.959. The SMILES string of the molecule is Clc1sc(CNC2CCCCC2)cc1Br. The molecule has 1 aliphatic carbocycles. The van der Waals surface area contributed by atoms with Crippen LogP contribution in [0.15, 0.2) is 10.5 Å². The molecule has 0 spiro atoms. The van der Waals surface area contributed by atoms with Crippen LogP contribution >= 0.6 is 38.9 Å². The third kappa shape index (κ3) is 3.45. The average Bonchev–Trinajstić information content (AvgIpc) is 2.57. The minimum atomic E-state index is 0.721. The number of thiophene rings is 1. The number of halogens is 2. The molecule has 0 aliphatic heterocycles. The molecule has 1 nitrogen and oxygen atoms in total. The van der Waals surface area contributed by atoms with Gasteiger partial charge < -0.3 is 5.32 Å². The van der Waals surface area contributed by atoms with Gasteiger partial charge in [-0.3, -0.25) is 0 Å². The van der Waals surface area contributed by atoms with E-state index in [-0.39, 0.29) is 0 Å². The van der Waals surface area contributed by atoms with E-state index < -0.39 is 0 Å². The molecule has 15 heavy (non-hydrogen) atoms. The molecular weight excluding hydrogens is 294 g/mol. The predicted molar refractivity (Wildman–Crippen MR) is 70.7 cm³/mol. The van der Waals surface area contributed by atoms with Gasteiger partial charge in [-0.1, -0.05) is 30.9 Å². The van der Waals surface area contributed by atoms with Crippen molar-refractivity contribution in [2.24, 2.45) is 0 Å². The average molecular weight is 309 g/mol. The van der Waals surface area contributed by atoms with Crippen LogP contribution in [-0.4, -0.2) is 6.04 Å². The largest absolute Gasteiger partial charge is 0.309 e. The molecule has 0 saturated heterocycles. The molecule has 1 aromatic heterocycles. The van der Waals surface area contributed by atoms with Crippen molar-refractivity contribution >= 4 is 38.9 Å². The highest BCUT2D eigenvalue weighted by Crippen LogP contribution is 2.32. The standard InChI is InChI=1S/C11H15BrClNS/c12-10-6-9(15-11(10)13)7-14-8-4-2-1-3-5-8/h6,8,14H,1-5,7H2. The van der Waals surface area contributed by atoms with Crippen LogP contribution in [0, 0.1) is 0 Å². The van der Waals surface area contributed by atoms with E-state index in [0.717, 1.165) is 21.4 Å². The van der Waals surface area contributed by atoms with Crippen LogP contribution in [-0.2, 0) is 6.54 Å². The van der Waals surface area contributed by atoms with Crippen LogP contribution in [0.25, 0.3) is 0 Å². The maximum Gasteiger partial charge on any atom is 0.107 e. The van der Waals surface area contributed by atoms with E-state index in [1.165, 1.54) is 37.0 Å². The first-order valence-electron chi connectivity index (χ1n) is 5.43. The lowest BCUT2D eigenvalue weighted by Crippen LogP contribution is -2.30. The molecule has 0 bridgehead atoms. The number of hydrogen-bond donors (Lipinski definition) is 1. The van der Waals surface area contributed by atoms with Crippen molar-refractivity contribution in [1.82, 2.24) is 5.32 Å². The second-order valence-electron chi connectivity index (χ2n) is 4.05. The zero-order chi connectivity index (χ0) is 10.7. The Bertz CT molecular complexity index is 301. The Morgan fingerprint density at radius 3 is 2.73 bits per heavy atom. The Labute approximate surface area is 108 Å². The summed E-state index contributed by atoms with van der Waals surface area (Å²) in [7, 11) is 0. The molecule has 1 fully saturated rings. The molecule has 0 radical (unpaired) electrons. The van der Waals surface area contributed by atoms with Gasteiger partial charge in [0.05, 0.1) is 0 Å². The number of nitrogens with one attached hydrogen (secondary N) is 1. The van der Waals surface area contributed by atoms with Crippen molar-refractivity contribution in [2.45, 2.75) is 44.7 Å². The highest BCUT2D eigenvalue weighted by molar-refractivity contribution is 9.10. The van der Waals surface area contributed by atoms with E-state index >= 15 is 0 Å². The molecular formula is C11H15BrClNS. The zero-order valence-corrected chi connectivity index (χ0v) is 11.7. The zero-order valence-electron chi connectivity index (χ0n) is 8.56. The fraction of sp³-hybridized carbons (Fsp3) is 0.636. The lowest BCUT2D eigenvalue weighted by atomic mass is 9.95. The molecule has 0 aromatic carbocycles. The van der Waals surface area contributed by atoms with Crippen molar-refractivity contribution in [1.29, 1.82) is 0 Å². The molecule has 1 aliphatic rings. The summed E-state index contributed by atoms with van der Waals surface area (Å²) >= 11 is 11.1. The molecule has 1 aromatic rings. The van der Waals surface area contributed by atoms with Gasteiger partial charge in [0.1, 0.15) is 4.34 Å². The normalized spacial score (nSPS) is 18.3. The molecule has 2 rings (SSSR count). The summed E-state index contributed by atoms with van der Waals surface area (Å²) in [4.78, 5) is 1.32. The van der Waals surface area contributed by atoms with E-state index in [9.17, 15) is 0 Å². The van der Waals surface area contributed by atoms with E-state index in [1.54, 1.807) is 11.3 Å². The van der Waals surface area contributed by atoms with E-state index in [1.807, 2.05) is 0 Å². The summed E-state index contributed by atoms with van der Waals surface area (Å²) in [5.74, 6) is 0. The Morgan fingerprint density at radius 2 is 2.13 bits per heavy atom. The van der Waals surface area contributed by atoms with Crippen LogP contribution in [0.1, 0.15) is 37.0 Å². The van der Waals surface area contributed by atoms with Gasteiger partial charge in [-0.2, -0.15) is 0 Å². The smallest absolute Gasteiger partial charge is 0.107 e. The predicted octanol–water partition coefficient (Wildman–Crippen LogP) is 4.59. The molecule has 0 unspecified atom stereocenters. The topological polar surface area (TPSA) is 12.0 Å². The highest BCUT2D eigenvalue weighted by atomic mass is 79.9. The molecule has 84 valence electrons. The second kappa shape index (κ2) is 5.67. The Hall–Kier alpha value is 0.430. The fourth-order valence-corrected chi connectivity index (χ4v) is 3.77. The maximum absolute atomic E-state index is 5.99. The van der Waals surface area contributed by atoms with Crippen molar-refractivity contribution in [3.8, 4) is 0 Å². The molecule has 0 atom stereocenters. The maximum atomic E-state index is 5.99. The van der Waals surface area contributed by atoms with Gasteiger partial charge in [0.2, 0.25) is 0 Å².